The zero-order valence-corrected chi connectivity index (χ0v) is 14.4. The largest absolute Gasteiger partial charge is 0.481 e. The van der Waals surface area contributed by atoms with Gasteiger partial charge >= 0.3 is 5.97 Å². The van der Waals surface area contributed by atoms with Crippen molar-refractivity contribution in [3.63, 3.8) is 0 Å². The molecule has 0 spiro atoms. The number of rotatable bonds is 8. The van der Waals surface area contributed by atoms with Gasteiger partial charge in [-0.25, -0.2) is 0 Å². The van der Waals surface area contributed by atoms with Gasteiger partial charge in [0.05, 0.1) is 5.92 Å². The number of aryl methyl sites for hydroxylation is 1. The van der Waals surface area contributed by atoms with Gasteiger partial charge in [0.15, 0.2) is 6.10 Å². The van der Waals surface area contributed by atoms with Crippen molar-refractivity contribution in [2.75, 3.05) is 6.54 Å². The Morgan fingerprint density at radius 1 is 1.08 bits per heavy atom. The zero-order chi connectivity index (χ0) is 18.2. The van der Waals surface area contributed by atoms with Crippen LogP contribution in [0.15, 0.2) is 54.6 Å². The Labute approximate surface area is 147 Å². The molecule has 5 nitrogen and oxygen atoms in total. The standard InChI is InChI=1S/C20H23NO4/c1-14-8-10-18(11-9-14)25-15(2)19(22)21-13-17(20(23)24)12-16-6-4-3-5-7-16/h3-11,15,17H,12-13H2,1-2H3,(H,21,22)(H,23,24). The number of nitrogens with one attached hydrogen (secondary N) is 1. The summed E-state index contributed by atoms with van der Waals surface area (Å²) in [7, 11) is 0. The van der Waals surface area contributed by atoms with Gasteiger partial charge in [0.25, 0.3) is 5.91 Å². The summed E-state index contributed by atoms with van der Waals surface area (Å²) in [5.41, 5.74) is 2.03. The quantitative estimate of drug-likeness (QED) is 0.774. The Hall–Kier alpha value is -2.82. The summed E-state index contributed by atoms with van der Waals surface area (Å²) in [6.07, 6.45) is -0.335. The number of carboxylic acids is 1. The van der Waals surface area contributed by atoms with Crippen LogP contribution in [0.2, 0.25) is 0 Å². The molecule has 2 aromatic rings. The molecule has 1 amide bonds. The lowest BCUT2D eigenvalue weighted by atomic mass is 9.99. The van der Waals surface area contributed by atoms with Gasteiger partial charge < -0.3 is 15.2 Å². The van der Waals surface area contributed by atoms with Crippen LogP contribution in [0.4, 0.5) is 0 Å². The molecule has 0 fully saturated rings. The van der Waals surface area contributed by atoms with E-state index < -0.39 is 18.0 Å². The molecule has 0 aliphatic rings. The second-order valence-corrected chi connectivity index (χ2v) is 6.04. The monoisotopic (exact) mass is 341 g/mol. The van der Waals surface area contributed by atoms with Crippen molar-refractivity contribution in [2.45, 2.75) is 26.4 Å². The second kappa shape index (κ2) is 8.87. The van der Waals surface area contributed by atoms with E-state index in [9.17, 15) is 14.7 Å². The minimum atomic E-state index is -0.934. The summed E-state index contributed by atoms with van der Waals surface area (Å²) in [5.74, 6) is -1.35. The summed E-state index contributed by atoms with van der Waals surface area (Å²) >= 11 is 0. The molecule has 2 rings (SSSR count). The number of benzene rings is 2. The minimum absolute atomic E-state index is 0.0602. The number of hydrogen-bond donors (Lipinski definition) is 2. The molecular formula is C20H23NO4. The molecule has 2 aromatic carbocycles. The molecular weight excluding hydrogens is 318 g/mol. The van der Waals surface area contributed by atoms with Crippen LogP contribution in [0, 0.1) is 12.8 Å². The highest BCUT2D eigenvalue weighted by molar-refractivity contribution is 5.81. The third-order valence-corrected chi connectivity index (χ3v) is 3.90. The first-order valence-corrected chi connectivity index (χ1v) is 8.23. The normalized spacial score (nSPS) is 12.9. The van der Waals surface area contributed by atoms with Crippen molar-refractivity contribution in [1.29, 1.82) is 0 Å². The second-order valence-electron chi connectivity index (χ2n) is 6.04. The average Bonchev–Trinajstić information content (AvgIpc) is 2.60. The highest BCUT2D eigenvalue weighted by Gasteiger charge is 2.21. The lowest BCUT2D eigenvalue weighted by Crippen LogP contribution is -2.40. The van der Waals surface area contributed by atoms with Gasteiger partial charge in [0, 0.05) is 6.54 Å². The van der Waals surface area contributed by atoms with Crippen LogP contribution < -0.4 is 10.1 Å². The van der Waals surface area contributed by atoms with Crippen LogP contribution in [-0.4, -0.2) is 29.6 Å². The van der Waals surface area contributed by atoms with E-state index in [2.05, 4.69) is 5.32 Å². The average molecular weight is 341 g/mol. The minimum Gasteiger partial charge on any atom is -0.481 e. The summed E-state index contributed by atoms with van der Waals surface area (Å²) in [5, 5.41) is 12.0. The van der Waals surface area contributed by atoms with Gasteiger partial charge in [-0.2, -0.15) is 0 Å². The number of carboxylic acid groups (broad SMARTS) is 1. The fraction of sp³-hybridized carbons (Fsp3) is 0.300. The highest BCUT2D eigenvalue weighted by atomic mass is 16.5. The Morgan fingerprint density at radius 2 is 1.72 bits per heavy atom. The van der Waals surface area contributed by atoms with E-state index in [-0.39, 0.29) is 12.5 Å². The van der Waals surface area contributed by atoms with Crippen LogP contribution in [-0.2, 0) is 16.0 Å². The van der Waals surface area contributed by atoms with E-state index in [0.717, 1.165) is 11.1 Å². The fourth-order valence-electron chi connectivity index (χ4n) is 2.39. The molecule has 25 heavy (non-hydrogen) atoms. The topological polar surface area (TPSA) is 75.6 Å². The molecule has 0 saturated carbocycles. The van der Waals surface area contributed by atoms with E-state index in [1.54, 1.807) is 19.1 Å². The Morgan fingerprint density at radius 3 is 2.32 bits per heavy atom. The van der Waals surface area contributed by atoms with E-state index in [1.165, 1.54) is 0 Å². The molecule has 0 aliphatic carbocycles. The Kier molecular flexibility index (Phi) is 6.57. The van der Waals surface area contributed by atoms with E-state index >= 15 is 0 Å². The van der Waals surface area contributed by atoms with Gasteiger partial charge in [-0.15, -0.1) is 0 Å². The predicted octanol–water partition coefficient (Wildman–Crippen LogP) is 2.82. The van der Waals surface area contributed by atoms with Crippen molar-refractivity contribution >= 4 is 11.9 Å². The van der Waals surface area contributed by atoms with Crippen LogP contribution >= 0.6 is 0 Å². The van der Waals surface area contributed by atoms with E-state index in [0.29, 0.717) is 12.2 Å². The fourth-order valence-corrected chi connectivity index (χ4v) is 2.39. The predicted molar refractivity (Wildman–Crippen MR) is 95.6 cm³/mol. The lowest BCUT2D eigenvalue weighted by molar-refractivity contribution is -0.141. The highest BCUT2D eigenvalue weighted by Crippen LogP contribution is 2.13. The smallest absolute Gasteiger partial charge is 0.308 e. The first kappa shape index (κ1) is 18.5. The Balaban J connectivity index is 1.87. The van der Waals surface area contributed by atoms with Crippen LogP contribution in [0.5, 0.6) is 5.75 Å². The van der Waals surface area contributed by atoms with Gasteiger partial charge in [-0.3, -0.25) is 9.59 Å². The maximum absolute atomic E-state index is 12.2. The molecule has 0 bridgehead atoms. The van der Waals surface area contributed by atoms with Crippen LogP contribution in [0.25, 0.3) is 0 Å². The molecule has 0 radical (unpaired) electrons. The van der Waals surface area contributed by atoms with Crippen molar-refractivity contribution in [1.82, 2.24) is 5.32 Å². The van der Waals surface area contributed by atoms with E-state index in [1.807, 2.05) is 49.4 Å². The van der Waals surface area contributed by atoms with Crippen LogP contribution in [0.1, 0.15) is 18.1 Å². The molecule has 2 unspecified atom stereocenters. The molecule has 5 heteroatoms. The molecule has 0 heterocycles. The van der Waals surface area contributed by atoms with Crippen molar-refractivity contribution < 1.29 is 19.4 Å². The van der Waals surface area contributed by atoms with E-state index in [4.69, 9.17) is 4.74 Å². The first-order chi connectivity index (χ1) is 12.0. The van der Waals surface area contributed by atoms with Gasteiger partial charge in [0.2, 0.25) is 0 Å². The number of carbonyl (C=O) groups is 2. The van der Waals surface area contributed by atoms with Gasteiger partial charge in [0.1, 0.15) is 5.75 Å². The number of carbonyl (C=O) groups excluding carboxylic acids is 1. The lowest BCUT2D eigenvalue weighted by Gasteiger charge is -2.17. The Bertz CT molecular complexity index is 697. The van der Waals surface area contributed by atoms with Crippen molar-refractivity contribution in [3.05, 3.63) is 65.7 Å². The third kappa shape index (κ3) is 5.95. The summed E-state index contributed by atoms with van der Waals surface area (Å²) in [4.78, 5) is 23.6. The third-order valence-electron chi connectivity index (χ3n) is 3.90. The molecule has 0 saturated heterocycles. The molecule has 0 aliphatic heterocycles. The van der Waals surface area contributed by atoms with Gasteiger partial charge in [-0.05, 0) is 38.0 Å². The molecule has 0 aromatic heterocycles. The number of amides is 1. The molecule has 2 N–H and O–H groups in total. The maximum Gasteiger partial charge on any atom is 0.308 e. The van der Waals surface area contributed by atoms with Crippen molar-refractivity contribution in [3.8, 4) is 5.75 Å². The van der Waals surface area contributed by atoms with Gasteiger partial charge in [-0.1, -0.05) is 48.0 Å². The maximum atomic E-state index is 12.2. The molecule has 2 atom stereocenters. The summed E-state index contributed by atoms with van der Waals surface area (Å²) < 4.78 is 5.58. The number of ether oxygens (including phenoxy) is 1. The number of hydrogen-bond acceptors (Lipinski definition) is 3. The first-order valence-electron chi connectivity index (χ1n) is 8.23. The summed E-state index contributed by atoms with van der Waals surface area (Å²) in [6, 6.07) is 16.8. The van der Waals surface area contributed by atoms with Crippen molar-refractivity contribution in [2.24, 2.45) is 5.92 Å². The summed E-state index contributed by atoms with van der Waals surface area (Å²) in [6.45, 7) is 3.67. The SMILES string of the molecule is Cc1ccc(OC(C)C(=O)NCC(Cc2ccccc2)C(=O)O)cc1. The number of aliphatic carboxylic acids is 1. The van der Waals surface area contributed by atoms with Crippen LogP contribution in [0.3, 0.4) is 0 Å². The molecule has 132 valence electrons. The zero-order valence-electron chi connectivity index (χ0n) is 14.4.